The number of halogens is 1. The molecule has 0 aliphatic carbocycles. The molecule has 3 aromatic heterocycles. The molecule has 9 heteroatoms. The van der Waals surface area contributed by atoms with Crippen LogP contribution in [0.5, 0.6) is 0 Å². The number of hydrogen-bond donors (Lipinski definition) is 2. The fraction of sp³-hybridized carbons (Fsp3) is 0.250. The summed E-state index contributed by atoms with van der Waals surface area (Å²) in [5, 5.41) is 5.67. The van der Waals surface area contributed by atoms with Gasteiger partial charge in [0.05, 0.1) is 22.5 Å². The lowest BCUT2D eigenvalue weighted by Crippen LogP contribution is -2.26. The summed E-state index contributed by atoms with van der Waals surface area (Å²) in [7, 11) is 0. The van der Waals surface area contributed by atoms with Crippen molar-refractivity contribution in [3.05, 3.63) is 53.0 Å². The molecule has 3 N–H and O–H groups in total. The third-order valence-electron chi connectivity index (χ3n) is 5.20. The number of aromatic nitrogens is 3. The van der Waals surface area contributed by atoms with Crippen LogP contribution in [0.15, 0.2) is 36.0 Å². The molecule has 1 amide bonds. The number of fused-ring (bicyclic) bond motifs is 2. The molecule has 148 valence electrons. The largest absolute Gasteiger partial charge is 0.369 e. The van der Waals surface area contributed by atoms with Gasteiger partial charge in [-0.2, -0.15) is 4.37 Å². The number of carbonyl (C=O) groups is 1. The van der Waals surface area contributed by atoms with Crippen LogP contribution in [0, 0.1) is 12.7 Å². The van der Waals surface area contributed by atoms with Crippen LogP contribution < -0.4 is 16.0 Å². The standard InChI is InChI=1S/C20H19FN6OS/c1-11-7-27-9-13(6-16(21)19(27)23-11)24-20(28)14-2-3-17(15-10-29-25-18(14)15)26-5-4-12(22)8-26/h2-3,6-7,9-10,12H,4-5,8,22H2,1H3,(H,24,28)/t12-/m0/s1. The van der Waals surface area contributed by atoms with Crippen molar-refractivity contribution < 1.29 is 9.18 Å². The van der Waals surface area contributed by atoms with Gasteiger partial charge in [0.1, 0.15) is 0 Å². The summed E-state index contributed by atoms with van der Waals surface area (Å²) in [6.07, 6.45) is 4.31. The van der Waals surface area contributed by atoms with Crippen LogP contribution in [0.1, 0.15) is 22.5 Å². The SMILES string of the molecule is Cc1cn2cc(NC(=O)c3ccc(N4CC[C@H](N)C4)c4csnc34)cc(F)c2n1. The molecule has 0 saturated carbocycles. The molecule has 7 nitrogen and oxygen atoms in total. The van der Waals surface area contributed by atoms with Crippen molar-refractivity contribution in [2.75, 3.05) is 23.3 Å². The number of pyridine rings is 1. The van der Waals surface area contributed by atoms with Crippen LogP contribution in [0.4, 0.5) is 15.8 Å². The Hall–Kier alpha value is -3.04. The molecule has 4 heterocycles. The molecule has 1 aromatic carbocycles. The Morgan fingerprint density at radius 3 is 3.03 bits per heavy atom. The molecule has 1 aliphatic heterocycles. The maximum atomic E-state index is 14.3. The first kappa shape index (κ1) is 18.0. The number of nitrogens with two attached hydrogens (primary N) is 1. The van der Waals surface area contributed by atoms with Gasteiger partial charge in [-0.05, 0) is 37.0 Å². The zero-order valence-corrected chi connectivity index (χ0v) is 16.5. The van der Waals surface area contributed by atoms with Gasteiger partial charge in [-0.1, -0.05) is 0 Å². The predicted octanol–water partition coefficient (Wildman–Crippen LogP) is 3.18. The molecule has 0 radical (unpaired) electrons. The lowest BCUT2D eigenvalue weighted by molar-refractivity contribution is 0.102. The Balaban J connectivity index is 1.48. The van der Waals surface area contributed by atoms with Gasteiger partial charge in [0.2, 0.25) is 0 Å². The fourth-order valence-electron chi connectivity index (χ4n) is 3.85. The lowest BCUT2D eigenvalue weighted by atomic mass is 10.1. The second kappa shape index (κ2) is 6.78. The van der Waals surface area contributed by atoms with E-state index >= 15 is 0 Å². The van der Waals surface area contributed by atoms with E-state index in [1.807, 2.05) is 11.4 Å². The lowest BCUT2D eigenvalue weighted by Gasteiger charge is -2.19. The number of nitrogens with zero attached hydrogens (tertiary/aromatic N) is 4. The number of hydrogen-bond acceptors (Lipinski definition) is 6. The van der Waals surface area contributed by atoms with Crippen molar-refractivity contribution in [2.45, 2.75) is 19.4 Å². The van der Waals surface area contributed by atoms with Crippen molar-refractivity contribution in [3.63, 3.8) is 0 Å². The molecule has 0 unspecified atom stereocenters. The topological polar surface area (TPSA) is 88.5 Å². The van der Waals surface area contributed by atoms with E-state index in [1.165, 1.54) is 17.6 Å². The molecule has 4 aromatic rings. The minimum Gasteiger partial charge on any atom is -0.369 e. The number of benzene rings is 1. The molecular formula is C20H19FN6OS. The summed E-state index contributed by atoms with van der Waals surface area (Å²) in [5.41, 5.74) is 9.47. The number of aryl methyl sites for hydroxylation is 1. The van der Waals surface area contributed by atoms with Gasteiger partial charge >= 0.3 is 0 Å². The predicted molar refractivity (Wildman–Crippen MR) is 112 cm³/mol. The van der Waals surface area contributed by atoms with Gasteiger partial charge < -0.3 is 20.4 Å². The van der Waals surface area contributed by atoms with Crippen LogP contribution in [0.2, 0.25) is 0 Å². The highest BCUT2D eigenvalue weighted by atomic mass is 32.1. The van der Waals surface area contributed by atoms with Crippen molar-refractivity contribution in [1.29, 1.82) is 0 Å². The minimum atomic E-state index is -0.490. The van der Waals surface area contributed by atoms with Gasteiger partial charge in [0.25, 0.3) is 5.91 Å². The summed E-state index contributed by atoms with van der Waals surface area (Å²) in [4.78, 5) is 19.3. The van der Waals surface area contributed by atoms with Crippen molar-refractivity contribution in [2.24, 2.45) is 5.73 Å². The third kappa shape index (κ3) is 3.12. The van der Waals surface area contributed by atoms with Crippen LogP contribution in [-0.2, 0) is 0 Å². The van der Waals surface area contributed by atoms with Crippen molar-refractivity contribution >= 4 is 45.4 Å². The molecule has 1 aliphatic rings. The highest BCUT2D eigenvalue weighted by molar-refractivity contribution is 7.05. The first-order valence-electron chi connectivity index (χ1n) is 9.33. The molecule has 1 fully saturated rings. The van der Waals surface area contributed by atoms with E-state index in [4.69, 9.17) is 5.73 Å². The van der Waals surface area contributed by atoms with Crippen LogP contribution >= 0.6 is 11.5 Å². The zero-order chi connectivity index (χ0) is 20.1. The Kier molecular flexibility index (Phi) is 4.21. The second-order valence-electron chi connectivity index (χ2n) is 7.35. The average Bonchev–Trinajstić information content (AvgIpc) is 3.40. The molecular weight excluding hydrogens is 391 g/mol. The van der Waals surface area contributed by atoms with Crippen molar-refractivity contribution in [3.8, 4) is 0 Å². The Bertz CT molecular complexity index is 1250. The fourth-order valence-corrected chi connectivity index (χ4v) is 4.55. The molecule has 29 heavy (non-hydrogen) atoms. The van der Waals surface area contributed by atoms with Gasteiger partial charge in [0.15, 0.2) is 11.5 Å². The first-order chi connectivity index (χ1) is 14.0. The maximum Gasteiger partial charge on any atom is 0.257 e. The summed E-state index contributed by atoms with van der Waals surface area (Å²) < 4.78 is 20.3. The highest BCUT2D eigenvalue weighted by Crippen LogP contribution is 2.32. The molecule has 5 rings (SSSR count). The molecule has 1 atom stereocenters. The van der Waals surface area contributed by atoms with Crippen LogP contribution in [0.25, 0.3) is 16.6 Å². The zero-order valence-electron chi connectivity index (χ0n) is 15.7. The number of imidazole rings is 1. The number of rotatable bonds is 3. The van der Waals surface area contributed by atoms with E-state index < -0.39 is 5.82 Å². The van der Waals surface area contributed by atoms with Gasteiger partial charge in [-0.15, -0.1) is 0 Å². The highest BCUT2D eigenvalue weighted by Gasteiger charge is 2.23. The summed E-state index contributed by atoms with van der Waals surface area (Å²) in [6.45, 7) is 3.47. The summed E-state index contributed by atoms with van der Waals surface area (Å²) in [5.74, 6) is -0.823. The Morgan fingerprint density at radius 2 is 2.24 bits per heavy atom. The first-order valence-corrected chi connectivity index (χ1v) is 10.2. The Labute approximate surface area is 170 Å². The third-order valence-corrected chi connectivity index (χ3v) is 5.83. The summed E-state index contributed by atoms with van der Waals surface area (Å²) in [6, 6.07) is 5.15. The van der Waals surface area contributed by atoms with Gasteiger partial charge in [-0.3, -0.25) is 4.79 Å². The molecule has 1 saturated heterocycles. The normalized spacial score (nSPS) is 16.8. The molecule has 0 bridgehead atoms. The van der Waals surface area contributed by atoms with Crippen LogP contribution in [0.3, 0.4) is 0 Å². The van der Waals surface area contributed by atoms with E-state index in [1.54, 1.807) is 29.8 Å². The second-order valence-corrected chi connectivity index (χ2v) is 7.98. The number of carbonyl (C=O) groups excluding carboxylic acids is 1. The number of anilines is 2. The van der Waals surface area contributed by atoms with Crippen LogP contribution in [-0.4, -0.2) is 38.8 Å². The van der Waals surface area contributed by atoms with E-state index in [0.717, 1.165) is 30.6 Å². The van der Waals surface area contributed by atoms with E-state index in [-0.39, 0.29) is 17.6 Å². The van der Waals surface area contributed by atoms with E-state index in [2.05, 4.69) is 19.6 Å². The smallest absolute Gasteiger partial charge is 0.257 e. The van der Waals surface area contributed by atoms with E-state index in [0.29, 0.717) is 22.5 Å². The van der Waals surface area contributed by atoms with Gasteiger partial charge in [-0.25, -0.2) is 9.37 Å². The van der Waals surface area contributed by atoms with E-state index in [9.17, 15) is 9.18 Å². The number of amides is 1. The quantitative estimate of drug-likeness (QED) is 0.542. The molecule has 0 spiro atoms. The minimum absolute atomic E-state index is 0.163. The van der Waals surface area contributed by atoms with Gasteiger partial charge in [0, 0.05) is 54.0 Å². The van der Waals surface area contributed by atoms with Crippen molar-refractivity contribution in [1.82, 2.24) is 13.8 Å². The number of nitrogens with one attached hydrogen (secondary N) is 1. The summed E-state index contributed by atoms with van der Waals surface area (Å²) >= 11 is 1.31. The monoisotopic (exact) mass is 410 g/mol. The average molecular weight is 410 g/mol. The maximum absolute atomic E-state index is 14.3. The Morgan fingerprint density at radius 1 is 1.38 bits per heavy atom.